The van der Waals surface area contributed by atoms with Crippen LogP contribution < -0.4 is 25.5 Å². The summed E-state index contributed by atoms with van der Waals surface area (Å²) in [6, 6.07) is 11.4. The molecule has 2 amide bonds. The summed E-state index contributed by atoms with van der Waals surface area (Å²) in [6.07, 6.45) is 1.94. The minimum Gasteiger partial charge on any atom is -0.454 e. The molecule has 0 saturated carbocycles. The third-order valence-electron chi connectivity index (χ3n) is 5.79. The van der Waals surface area contributed by atoms with Crippen LogP contribution in [0, 0.1) is 0 Å². The van der Waals surface area contributed by atoms with Gasteiger partial charge in [0.2, 0.25) is 18.1 Å². The van der Waals surface area contributed by atoms with Crippen LogP contribution in [-0.2, 0) is 17.8 Å². The molecular formula is C25H27N3O6. The lowest BCUT2D eigenvalue weighted by atomic mass is 10.1. The number of fused-ring (bicyclic) bond motifs is 2. The fourth-order valence-corrected chi connectivity index (χ4v) is 3.93. The van der Waals surface area contributed by atoms with E-state index in [0.717, 1.165) is 5.56 Å². The molecular weight excluding hydrogens is 438 g/mol. The van der Waals surface area contributed by atoms with Crippen LogP contribution in [-0.4, -0.2) is 47.0 Å². The molecule has 0 bridgehead atoms. The van der Waals surface area contributed by atoms with Crippen LogP contribution in [0.15, 0.2) is 53.5 Å². The number of hydrogen-bond acceptors (Lipinski definition) is 6. The number of nitrogens with one attached hydrogen (secondary N) is 2. The number of nitrogens with zero attached hydrogens (tertiary/aromatic N) is 1. The van der Waals surface area contributed by atoms with Crippen molar-refractivity contribution in [3.05, 3.63) is 70.0 Å². The van der Waals surface area contributed by atoms with Gasteiger partial charge in [-0.3, -0.25) is 14.4 Å². The number of rotatable bonds is 8. The second-order valence-electron chi connectivity index (χ2n) is 8.15. The lowest BCUT2D eigenvalue weighted by Crippen LogP contribution is -2.50. The molecule has 0 aliphatic carbocycles. The average molecular weight is 466 g/mol. The van der Waals surface area contributed by atoms with Gasteiger partial charge in [-0.25, -0.2) is 0 Å². The summed E-state index contributed by atoms with van der Waals surface area (Å²) in [5.74, 6) is -0.113. The SMILES string of the molecule is CCn1cc(C(=O)NC(C)C(=O)NC(CO)Cc2ccccc2)c(=O)c2cc3c(cc21)OCO3. The van der Waals surface area contributed by atoms with E-state index in [4.69, 9.17) is 9.47 Å². The summed E-state index contributed by atoms with van der Waals surface area (Å²) in [5, 5.41) is 15.4. The van der Waals surface area contributed by atoms with Crippen LogP contribution in [0.3, 0.4) is 0 Å². The zero-order valence-electron chi connectivity index (χ0n) is 19.0. The Bertz CT molecular complexity index is 1270. The van der Waals surface area contributed by atoms with Crippen LogP contribution in [0.5, 0.6) is 11.5 Å². The van der Waals surface area contributed by atoms with Gasteiger partial charge in [-0.1, -0.05) is 30.3 Å². The van der Waals surface area contributed by atoms with Gasteiger partial charge in [0.1, 0.15) is 11.6 Å². The maximum atomic E-state index is 13.1. The number of benzene rings is 2. The van der Waals surface area contributed by atoms with Gasteiger partial charge in [0.25, 0.3) is 5.91 Å². The van der Waals surface area contributed by atoms with Crippen molar-refractivity contribution in [3.8, 4) is 11.5 Å². The number of aromatic nitrogens is 1. The molecule has 4 rings (SSSR count). The minimum absolute atomic E-state index is 0.0733. The van der Waals surface area contributed by atoms with Crippen molar-refractivity contribution in [2.24, 2.45) is 0 Å². The third kappa shape index (κ3) is 4.74. The molecule has 1 aliphatic rings. The normalized spacial score (nSPS) is 14.0. The van der Waals surface area contributed by atoms with E-state index in [1.807, 2.05) is 37.3 Å². The second-order valence-corrected chi connectivity index (χ2v) is 8.15. The maximum absolute atomic E-state index is 13.1. The molecule has 1 aromatic heterocycles. The van der Waals surface area contributed by atoms with Crippen LogP contribution in [0.2, 0.25) is 0 Å². The molecule has 9 nitrogen and oxygen atoms in total. The molecule has 178 valence electrons. The summed E-state index contributed by atoms with van der Waals surface area (Å²) in [5.41, 5.74) is 1.07. The van der Waals surface area contributed by atoms with E-state index < -0.39 is 29.3 Å². The second kappa shape index (κ2) is 9.96. The fourth-order valence-electron chi connectivity index (χ4n) is 3.93. The van der Waals surface area contributed by atoms with Crippen molar-refractivity contribution in [2.75, 3.05) is 13.4 Å². The smallest absolute Gasteiger partial charge is 0.257 e. The Labute approximate surface area is 196 Å². The number of carbonyl (C=O) groups excluding carboxylic acids is 2. The number of aryl methyl sites for hydroxylation is 1. The van der Waals surface area contributed by atoms with Crippen molar-refractivity contribution in [1.29, 1.82) is 0 Å². The summed E-state index contributed by atoms with van der Waals surface area (Å²) < 4.78 is 12.6. The highest BCUT2D eigenvalue weighted by atomic mass is 16.7. The molecule has 1 aliphatic heterocycles. The van der Waals surface area contributed by atoms with Crippen LogP contribution >= 0.6 is 0 Å². The number of pyridine rings is 1. The predicted octanol–water partition coefficient (Wildman–Crippen LogP) is 1.59. The lowest BCUT2D eigenvalue weighted by Gasteiger charge is -2.20. The molecule has 3 N–H and O–H groups in total. The Morgan fingerprint density at radius 3 is 2.50 bits per heavy atom. The number of carbonyl (C=O) groups is 2. The lowest BCUT2D eigenvalue weighted by molar-refractivity contribution is -0.123. The van der Waals surface area contributed by atoms with Gasteiger partial charge in [-0.15, -0.1) is 0 Å². The first-order valence-electron chi connectivity index (χ1n) is 11.1. The van der Waals surface area contributed by atoms with E-state index in [2.05, 4.69) is 10.6 Å². The summed E-state index contributed by atoms with van der Waals surface area (Å²) in [7, 11) is 0. The molecule has 2 unspecified atom stereocenters. The van der Waals surface area contributed by atoms with E-state index in [1.54, 1.807) is 16.7 Å². The first kappa shape index (κ1) is 23.3. The largest absolute Gasteiger partial charge is 0.454 e. The number of hydrogen-bond donors (Lipinski definition) is 3. The van der Waals surface area contributed by atoms with E-state index in [9.17, 15) is 19.5 Å². The molecule has 0 spiro atoms. The Morgan fingerprint density at radius 2 is 1.82 bits per heavy atom. The highest BCUT2D eigenvalue weighted by Gasteiger charge is 2.24. The topological polar surface area (TPSA) is 119 Å². The van der Waals surface area contributed by atoms with Gasteiger partial charge in [0.15, 0.2) is 11.5 Å². The average Bonchev–Trinajstić information content (AvgIpc) is 3.31. The monoisotopic (exact) mass is 465 g/mol. The number of aliphatic hydroxyl groups is 1. The highest BCUT2D eigenvalue weighted by Crippen LogP contribution is 2.35. The van der Waals surface area contributed by atoms with Crippen molar-refractivity contribution < 1.29 is 24.2 Å². The Balaban J connectivity index is 1.50. The van der Waals surface area contributed by atoms with Crippen LogP contribution in [0.25, 0.3) is 10.9 Å². The first-order chi connectivity index (χ1) is 16.4. The van der Waals surface area contributed by atoms with Crippen LogP contribution in [0.1, 0.15) is 29.8 Å². The number of ether oxygens (including phenoxy) is 2. The zero-order valence-corrected chi connectivity index (χ0v) is 19.0. The quantitative estimate of drug-likeness (QED) is 0.465. The summed E-state index contributed by atoms with van der Waals surface area (Å²) in [6.45, 7) is 3.77. The third-order valence-corrected chi connectivity index (χ3v) is 5.79. The van der Waals surface area contributed by atoms with E-state index in [-0.39, 0.29) is 19.0 Å². The molecule has 0 fully saturated rings. The fraction of sp³-hybridized carbons (Fsp3) is 0.320. The van der Waals surface area contributed by atoms with Crippen molar-refractivity contribution >= 4 is 22.7 Å². The summed E-state index contributed by atoms with van der Waals surface area (Å²) >= 11 is 0. The Hall–Kier alpha value is -3.85. The van der Waals surface area contributed by atoms with Gasteiger partial charge in [0.05, 0.1) is 23.6 Å². The van der Waals surface area contributed by atoms with Gasteiger partial charge < -0.3 is 29.8 Å². The van der Waals surface area contributed by atoms with E-state index in [0.29, 0.717) is 35.4 Å². The molecule has 2 aromatic carbocycles. The molecule has 0 radical (unpaired) electrons. The number of aliphatic hydroxyl groups excluding tert-OH is 1. The molecule has 2 heterocycles. The van der Waals surface area contributed by atoms with Gasteiger partial charge in [0, 0.05) is 18.8 Å². The van der Waals surface area contributed by atoms with Gasteiger partial charge >= 0.3 is 0 Å². The van der Waals surface area contributed by atoms with E-state index >= 15 is 0 Å². The predicted molar refractivity (Wildman–Crippen MR) is 126 cm³/mol. The van der Waals surface area contributed by atoms with Gasteiger partial charge in [-0.2, -0.15) is 0 Å². The van der Waals surface area contributed by atoms with E-state index in [1.165, 1.54) is 13.1 Å². The van der Waals surface area contributed by atoms with Crippen molar-refractivity contribution in [3.63, 3.8) is 0 Å². The molecule has 3 aromatic rings. The Morgan fingerprint density at radius 1 is 1.12 bits per heavy atom. The molecule has 34 heavy (non-hydrogen) atoms. The molecule has 0 saturated heterocycles. The van der Waals surface area contributed by atoms with Crippen molar-refractivity contribution in [2.45, 2.75) is 38.9 Å². The standard InChI is InChI=1S/C25H27N3O6/c1-3-28-12-19(23(30)18-10-21-22(11-20(18)28)34-14-33-21)25(32)26-15(2)24(31)27-17(13-29)9-16-7-5-4-6-8-16/h4-8,10-12,15,17,29H,3,9,13-14H2,1-2H3,(H,26,32)(H,27,31). The highest BCUT2D eigenvalue weighted by molar-refractivity contribution is 6.00. The molecule has 2 atom stereocenters. The maximum Gasteiger partial charge on any atom is 0.257 e. The first-order valence-corrected chi connectivity index (χ1v) is 11.1. The van der Waals surface area contributed by atoms with Gasteiger partial charge in [-0.05, 0) is 31.9 Å². The molecule has 9 heteroatoms. The zero-order chi connectivity index (χ0) is 24.2. The summed E-state index contributed by atoms with van der Waals surface area (Å²) in [4.78, 5) is 38.7. The minimum atomic E-state index is -0.917. The number of amides is 2. The van der Waals surface area contributed by atoms with Crippen molar-refractivity contribution in [1.82, 2.24) is 15.2 Å². The van der Waals surface area contributed by atoms with Crippen LogP contribution in [0.4, 0.5) is 0 Å². The Kier molecular flexibility index (Phi) is 6.83.